The second-order valence-electron chi connectivity index (χ2n) is 3.90. The van der Waals surface area contributed by atoms with Crippen LogP contribution in [-0.2, 0) is 0 Å². The van der Waals surface area contributed by atoms with Crippen LogP contribution in [0, 0.1) is 11.6 Å². The van der Waals surface area contributed by atoms with E-state index in [2.05, 4.69) is 10.2 Å². The average molecular weight is 212 g/mol. The SMILES string of the molecule is CN1CCNC[C@H]1c1cc(F)cc(F)c1. The predicted octanol–water partition coefficient (Wildman–Crippen LogP) is 1.54. The zero-order valence-electron chi connectivity index (χ0n) is 8.63. The van der Waals surface area contributed by atoms with Gasteiger partial charge in [0.15, 0.2) is 0 Å². The van der Waals surface area contributed by atoms with Gasteiger partial charge in [-0.05, 0) is 24.7 Å². The van der Waals surface area contributed by atoms with E-state index in [0.717, 1.165) is 25.7 Å². The van der Waals surface area contributed by atoms with Gasteiger partial charge in [-0.3, -0.25) is 4.90 Å². The number of likely N-dealkylation sites (N-methyl/N-ethyl adjacent to an activating group) is 1. The van der Waals surface area contributed by atoms with Crippen molar-refractivity contribution in [1.29, 1.82) is 0 Å². The average Bonchev–Trinajstić information content (AvgIpc) is 2.16. The Morgan fingerprint density at radius 1 is 1.27 bits per heavy atom. The number of nitrogens with zero attached hydrogens (tertiary/aromatic N) is 1. The van der Waals surface area contributed by atoms with Crippen molar-refractivity contribution in [3.8, 4) is 0 Å². The van der Waals surface area contributed by atoms with Crippen molar-refractivity contribution in [3.63, 3.8) is 0 Å². The van der Waals surface area contributed by atoms with Crippen molar-refractivity contribution >= 4 is 0 Å². The van der Waals surface area contributed by atoms with Crippen LogP contribution < -0.4 is 5.32 Å². The van der Waals surface area contributed by atoms with E-state index in [4.69, 9.17) is 0 Å². The molecule has 15 heavy (non-hydrogen) atoms. The number of benzene rings is 1. The third-order valence-electron chi connectivity index (χ3n) is 2.78. The summed E-state index contributed by atoms with van der Waals surface area (Å²) in [6.07, 6.45) is 0. The zero-order valence-corrected chi connectivity index (χ0v) is 8.63. The van der Waals surface area contributed by atoms with Gasteiger partial charge in [-0.1, -0.05) is 0 Å². The molecule has 2 nitrogen and oxygen atoms in total. The van der Waals surface area contributed by atoms with Crippen LogP contribution in [0.1, 0.15) is 11.6 Å². The van der Waals surface area contributed by atoms with Crippen molar-refractivity contribution in [2.45, 2.75) is 6.04 Å². The number of nitrogens with one attached hydrogen (secondary N) is 1. The van der Waals surface area contributed by atoms with Crippen molar-refractivity contribution in [3.05, 3.63) is 35.4 Å². The van der Waals surface area contributed by atoms with Gasteiger partial charge in [-0.2, -0.15) is 0 Å². The van der Waals surface area contributed by atoms with E-state index in [1.165, 1.54) is 12.1 Å². The largest absolute Gasteiger partial charge is 0.314 e. The molecule has 0 saturated carbocycles. The summed E-state index contributed by atoms with van der Waals surface area (Å²) in [6.45, 7) is 2.55. The summed E-state index contributed by atoms with van der Waals surface area (Å²) in [7, 11) is 1.97. The minimum Gasteiger partial charge on any atom is -0.314 e. The molecular weight excluding hydrogens is 198 g/mol. The Labute approximate surface area is 87.9 Å². The summed E-state index contributed by atoms with van der Waals surface area (Å²) in [6, 6.07) is 3.76. The second kappa shape index (κ2) is 4.24. The molecule has 1 saturated heterocycles. The van der Waals surface area contributed by atoms with Crippen molar-refractivity contribution in [2.24, 2.45) is 0 Å². The van der Waals surface area contributed by atoms with Crippen LogP contribution in [0.4, 0.5) is 8.78 Å². The van der Waals surface area contributed by atoms with Crippen LogP contribution in [0.25, 0.3) is 0 Å². The van der Waals surface area contributed by atoms with Gasteiger partial charge < -0.3 is 5.32 Å². The van der Waals surface area contributed by atoms with E-state index in [1.54, 1.807) is 0 Å². The predicted molar refractivity (Wildman–Crippen MR) is 54.6 cm³/mol. The monoisotopic (exact) mass is 212 g/mol. The van der Waals surface area contributed by atoms with E-state index in [9.17, 15) is 8.78 Å². The molecule has 2 rings (SSSR count). The van der Waals surface area contributed by atoms with Crippen LogP contribution in [0.3, 0.4) is 0 Å². The Kier molecular flexibility index (Phi) is 2.98. The molecule has 1 N–H and O–H groups in total. The van der Waals surface area contributed by atoms with Gasteiger partial charge in [-0.25, -0.2) is 8.78 Å². The summed E-state index contributed by atoms with van der Waals surface area (Å²) in [5.74, 6) is -1.02. The molecule has 0 aliphatic carbocycles. The molecule has 1 aromatic carbocycles. The quantitative estimate of drug-likeness (QED) is 0.759. The molecule has 0 bridgehead atoms. The maximum Gasteiger partial charge on any atom is 0.126 e. The summed E-state index contributed by atoms with van der Waals surface area (Å²) in [4.78, 5) is 2.10. The van der Waals surface area contributed by atoms with E-state index in [0.29, 0.717) is 5.56 Å². The fraction of sp³-hybridized carbons (Fsp3) is 0.455. The fourth-order valence-corrected chi connectivity index (χ4v) is 1.95. The number of hydrogen-bond acceptors (Lipinski definition) is 2. The summed E-state index contributed by atoms with van der Waals surface area (Å²) in [5.41, 5.74) is 0.696. The highest BCUT2D eigenvalue weighted by Gasteiger charge is 2.21. The normalized spacial score (nSPS) is 23.0. The van der Waals surface area contributed by atoms with Crippen molar-refractivity contribution in [2.75, 3.05) is 26.7 Å². The van der Waals surface area contributed by atoms with Crippen LogP contribution in [-0.4, -0.2) is 31.6 Å². The van der Waals surface area contributed by atoms with Gasteiger partial charge in [0, 0.05) is 31.7 Å². The van der Waals surface area contributed by atoms with Crippen LogP contribution in [0.5, 0.6) is 0 Å². The molecule has 1 aliphatic heterocycles. The molecule has 0 aromatic heterocycles. The summed E-state index contributed by atoms with van der Waals surface area (Å²) < 4.78 is 26.1. The first-order chi connectivity index (χ1) is 7.16. The molecule has 82 valence electrons. The van der Waals surface area contributed by atoms with Crippen molar-refractivity contribution < 1.29 is 8.78 Å². The molecule has 1 heterocycles. The molecular formula is C11H14F2N2. The lowest BCUT2D eigenvalue weighted by Crippen LogP contribution is -2.43. The smallest absolute Gasteiger partial charge is 0.126 e. The van der Waals surface area contributed by atoms with Crippen molar-refractivity contribution in [1.82, 2.24) is 10.2 Å². The first-order valence-electron chi connectivity index (χ1n) is 5.04. The molecule has 1 aromatic rings. The molecule has 1 fully saturated rings. The highest BCUT2D eigenvalue weighted by molar-refractivity contribution is 5.22. The second-order valence-corrected chi connectivity index (χ2v) is 3.90. The van der Waals surface area contributed by atoms with Gasteiger partial charge in [0.05, 0.1) is 0 Å². The molecule has 0 spiro atoms. The van der Waals surface area contributed by atoms with E-state index >= 15 is 0 Å². The maximum absolute atomic E-state index is 13.0. The molecule has 0 amide bonds. The highest BCUT2D eigenvalue weighted by Crippen LogP contribution is 2.22. The van der Waals surface area contributed by atoms with Gasteiger partial charge in [0.2, 0.25) is 0 Å². The summed E-state index contributed by atoms with van der Waals surface area (Å²) >= 11 is 0. The minimum absolute atomic E-state index is 0.0592. The number of halogens is 2. The lowest BCUT2D eigenvalue weighted by Gasteiger charge is -2.33. The molecule has 1 atom stereocenters. The molecule has 0 unspecified atom stereocenters. The molecule has 1 aliphatic rings. The van der Waals surface area contributed by atoms with Gasteiger partial charge in [0.1, 0.15) is 11.6 Å². The zero-order chi connectivity index (χ0) is 10.8. The fourth-order valence-electron chi connectivity index (χ4n) is 1.95. The highest BCUT2D eigenvalue weighted by atomic mass is 19.1. The lowest BCUT2D eigenvalue weighted by molar-refractivity contribution is 0.201. The maximum atomic E-state index is 13.0. The van der Waals surface area contributed by atoms with E-state index in [-0.39, 0.29) is 6.04 Å². The Morgan fingerprint density at radius 2 is 1.93 bits per heavy atom. The first kappa shape index (κ1) is 10.5. The number of rotatable bonds is 1. The van der Waals surface area contributed by atoms with E-state index < -0.39 is 11.6 Å². The molecule has 0 radical (unpaired) electrons. The Morgan fingerprint density at radius 3 is 2.53 bits per heavy atom. The Balaban J connectivity index is 2.27. The van der Waals surface area contributed by atoms with Crippen LogP contribution in [0.2, 0.25) is 0 Å². The topological polar surface area (TPSA) is 15.3 Å². The lowest BCUT2D eigenvalue weighted by atomic mass is 10.0. The minimum atomic E-state index is -0.510. The van der Waals surface area contributed by atoms with Gasteiger partial charge in [-0.15, -0.1) is 0 Å². The summed E-state index contributed by atoms with van der Waals surface area (Å²) in [5, 5.41) is 3.22. The van der Waals surface area contributed by atoms with Gasteiger partial charge in [0.25, 0.3) is 0 Å². The third-order valence-corrected chi connectivity index (χ3v) is 2.78. The first-order valence-corrected chi connectivity index (χ1v) is 5.04. The molecule has 4 heteroatoms. The van der Waals surface area contributed by atoms with Crippen LogP contribution in [0.15, 0.2) is 18.2 Å². The third kappa shape index (κ3) is 2.33. The standard InChI is InChI=1S/C11H14F2N2/c1-15-3-2-14-7-11(15)8-4-9(12)6-10(13)5-8/h4-6,11,14H,2-3,7H2,1H3/t11-/m0/s1. The van der Waals surface area contributed by atoms with Crippen LogP contribution >= 0.6 is 0 Å². The number of piperazine rings is 1. The number of hydrogen-bond donors (Lipinski definition) is 1. The van der Waals surface area contributed by atoms with E-state index in [1.807, 2.05) is 7.05 Å². The Hall–Kier alpha value is -1.00. The Bertz CT molecular complexity index is 334. The van der Waals surface area contributed by atoms with Gasteiger partial charge >= 0.3 is 0 Å².